The minimum absolute atomic E-state index is 0.252. The summed E-state index contributed by atoms with van der Waals surface area (Å²) in [6.45, 7) is 5.19. The Kier molecular flexibility index (Phi) is 4.43. The SMILES string of the molecule is CCOC(OCC)c1ccncc1. The highest BCUT2D eigenvalue weighted by atomic mass is 16.7. The minimum atomic E-state index is -0.252. The van der Waals surface area contributed by atoms with E-state index in [-0.39, 0.29) is 6.29 Å². The van der Waals surface area contributed by atoms with Gasteiger partial charge in [0, 0.05) is 31.2 Å². The molecule has 0 aromatic carbocycles. The van der Waals surface area contributed by atoms with Crippen LogP contribution in [0.1, 0.15) is 25.7 Å². The van der Waals surface area contributed by atoms with Gasteiger partial charge < -0.3 is 9.47 Å². The Morgan fingerprint density at radius 1 is 1.15 bits per heavy atom. The summed E-state index contributed by atoms with van der Waals surface area (Å²) in [6.07, 6.45) is 3.22. The monoisotopic (exact) mass is 181 g/mol. The quantitative estimate of drug-likeness (QED) is 0.652. The van der Waals surface area contributed by atoms with Crippen LogP contribution in [-0.2, 0) is 9.47 Å². The number of rotatable bonds is 5. The molecule has 0 spiro atoms. The van der Waals surface area contributed by atoms with Gasteiger partial charge in [-0.05, 0) is 26.0 Å². The fourth-order valence-electron chi connectivity index (χ4n) is 1.06. The Labute approximate surface area is 78.7 Å². The van der Waals surface area contributed by atoms with Crippen LogP contribution in [-0.4, -0.2) is 18.2 Å². The molecule has 1 aromatic heterocycles. The smallest absolute Gasteiger partial charge is 0.183 e. The summed E-state index contributed by atoms with van der Waals surface area (Å²) in [5.41, 5.74) is 1.01. The molecule has 0 amide bonds. The highest BCUT2D eigenvalue weighted by molar-refractivity contribution is 5.11. The average Bonchev–Trinajstić information content (AvgIpc) is 2.19. The molecule has 0 unspecified atom stereocenters. The van der Waals surface area contributed by atoms with Crippen molar-refractivity contribution in [2.24, 2.45) is 0 Å². The second-order valence-corrected chi connectivity index (χ2v) is 2.52. The van der Waals surface area contributed by atoms with Gasteiger partial charge in [0.25, 0.3) is 0 Å². The van der Waals surface area contributed by atoms with Gasteiger partial charge in [-0.15, -0.1) is 0 Å². The molecule has 0 saturated heterocycles. The third-order valence-electron chi connectivity index (χ3n) is 1.61. The number of aromatic nitrogens is 1. The Morgan fingerprint density at radius 3 is 2.15 bits per heavy atom. The number of nitrogens with zero attached hydrogens (tertiary/aromatic N) is 1. The molecule has 1 aromatic rings. The molecule has 0 radical (unpaired) electrons. The van der Waals surface area contributed by atoms with E-state index in [0.29, 0.717) is 13.2 Å². The number of hydrogen-bond donors (Lipinski definition) is 0. The van der Waals surface area contributed by atoms with Gasteiger partial charge >= 0.3 is 0 Å². The van der Waals surface area contributed by atoms with E-state index in [2.05, 4.69) is 4.98 Å². The number of pyridine rings is 1. The van der Waals surface area contributed by atoms with Gasteiger partial charge in [0.05, 0.1) is 0 Å². The Bertz CT molecular complexity index is 220. The first-order valence-corrected chi connectivity index (χ1v) is 4.51. The molecule has 0 aliphatic rings. The van der Waals surface area contributed by atoms with Crippen molar-refractivity contribution in [1.82, 2.24) is 4.98 Å². The Hall–Kier alpha value is -0.930. The van der Waals surface area contributed by atoms with Crippen molar-refractivity contribution >= 4 is 0 Å². The predicted octanol–water partition coefficient (Wildman–Crippen LogP) is 2.15. The van der Waals surface area contributed by atoms with Gasteiger partial charge in [-0.1, -0.05) is 0 Å². The summed E-state index contributed by atoms with van der Waals surface area (Å²) >= 11 is 0. The van der Waals surface area contributed by atoms with Gasteiger partial charge in [0.15, 0.2) is 6.29 Å². The first-order valence-electron chi connectivity index (χ1n) is 4.51. The van der Waals surface area contributed by atoms with Crippen LogP contribution in [0.5, 0.6) is 0 Å². The van der Waals surface area contributed by atoms with Crippen LogP contribution in [0.4, 0.5) is 0 Å². The van der Waals surface area contributed by atoms with Crippen LogP contribution < -0.4 is 0 Å². The molecule has 0 aliphatic carbocycles. The summed E-state index contributed by atoms with van der Waals surface area (Å²) in [5, 5.41) is 0. The topological polar surface area (TPSA) is 31.4 Å². The maximum Gasteiger partial charge on any atom is 0.183 e. The molecule has 3 heteroatoms. The second-order valence-electron chi connectivity index (χ2n) is 2.52. The highest BCUT2D eigenvalue weighted by Gasteiger charge is 2.09. The second kappa shape index (κ2) is 5.67. The van der Waals surface area contributed by atoms with Gasteiger partial charge in [0.1, 0.15) is 0 Å². The minimum Gasteiger partial charge on any atom is -0.349 e. The lowest BCUT2D eigenvalue weighted by Crippen LogP contribution is -2.08. The van der Waals surface area contributed by atoms with Crippen LogP contribution in [0.15, 0.2) is 24.5 Å². The first kappa shape index (κ1) is 10.2. The molecule has 3 nitrogen and oxygen atoms in total. The van der Waals surface area contributed by atoms with Gasteiger partial charge in [0.2, 0.25) is 0 Å². The molecule has 0 aliphatic heterocycles. The highest BCUT2D eigenvalue weighted by Crippen LogP contribution is 2.17. The summed E-state index contributed by atoms with van der Waals surface area (Å²) in [7, 11) is 0. The van der Waals surface area contributed by atoms with E-state index in [1.54, 1.807) is 12.4 Å². The molecule has 0 bridgehead atoms. The predicted molar refractivity (Wildman–Crippen MR) is 50.2 cm³/mol. The molecular formula is C10H15NO2. The number of hydrogen-bond acceptors (Lipinski definition) is 3. The van der Waals surface area contributed by atoms with Gasteiger partial charge in [-0.3, -0.25) is 4.98 Å². The molecule has 1 rings (SSSR count). The fourth-order valence-corrected chi connectivity index (χ4v) is 1.06. The summed E-state index contributed by atoms with van der Waals surface area (Å²) in [4.78, 5) is 3.94. The van der Waals surface area contributed by atoms with E-state index in [4.69, 9.17) is 9.47 Å². The normalized spacial score (nSPS) is 10.7. The van der Waals surface area contributed by atoms with Crippen LogP contribution >= 0.6 is 0 Å². The number of ether oxygens (including phenoxy) is 2. The van der Waals surface area contributed by atoms with Crippen molar-refractivity contribution in [3.8, 4) is 0 Å². The molecule has 1 heterocycles. The van der Waals surface area contributed by atoms with Crippen molar-refractivity contribution in [2.45, 2.75) is 20.1 Å². The molecule has 0 N–H and O–H groups in total. The summed E-state index contributed by atoms with van der Waals surface area (Å²) in [6, 6.07) is 3.80. The first-order chi connectivity index (χ1) is 6.38. The zero-order valence-corrected chi connectivity index (χ0v) is 8.06. The van der Waals surface area contributed by atoms with Crippen LogP contribution in [0.25, 0.3) is 0 Å². The third kappa shape index (κ3) is 3.13. The van der Waals surface area contributed by atoms with Crippen LogP contribution in [0.3, 0.4) is 0 Å². The van der Waals surface area contributed by atoms with Crippen LogP contribution in [0, 0.1) is 0 Å². The van der Waals surface area contributed by atoms with Crippen molar-refractivity contribution in [2.75, 3.05) is 13.2 Å². The van der Waals surface area contributed by atoms with E-state index in [1.807, 2.05) is 26.0 Å². The Morgan fingerprint density at radius 2 is 1.69 bits per heavy atom. The zero-order chi connectivity index (χ0) is 9.52. The van der Waals surface area contributed by atoms with Crippen molar-refractivity contribution < 1.29 is 9.47 Å². The van der Waals surface area contributed by atoms with E-state index in [9.17, 15) is 0 Å². The lowest BCUT2D eigenvalue weighted by molar-refractivity contribution is -0.140. The molecular weight excluding hydrogens is 166 g/mol. The lowest BCUT2D eigenvalue weighted by Gasteiger charge is -2.16. The molecule has 0 atom stereocenters. The summed E-state index contributed by atoms with van der Waals surface area (Å²) in [5.74, 6) is 0. The zero-order valence-electron chi connectivity index (χ0n) is 8.06. The summed E-state index contributed by atoms with van der Waals surface area (Å²) < 4.78 is 10.8. The maximum absolute atomic E-state index is 5.42. The maximum atomic E-state index is 5.42. The lowest BCUT2D eigenvalue weighted by atomic mass is 10.2. The van der Waals surface area contributed by atoms with E-state index in [0.717, 1.165) is 5.56 Å². The van der Waals surface area contributed by atoms with Gasteiger partial charge in [-0.25, -0.2) is 0 Å². The molecule has 0 fully saturated rings. The van der Waals surface area contributed by atoms with Crippen molar-refractivity contribution in [1.29, 1.82) is 0 Å². The largest absolute Gasteiger partial charge is 0.349 e. The van der Waals surface area contributed by atoms with Crippen molar-refractivity contribution in [3.05, 3.63) is 30.1 Å². The van der Waals surface area contributed by atoms with E-state index < -0.39 is 0 Å². The molecule has 0 saturated carbocycles. The average molecular weight is 181 g/mol. The van der Waals surface area contributed by atoms with Gasteiger partial charge in [-0.2, -0.15) is 0 Å². The van der Waals surface area contributed by atoms with E-state index in [1.165, 1.54) is 0 Å². The molecule has 13 heavy (non-hydrogen) atoms. The Balaban J connectivity index is 2.64. The standard InChI is InChI=1S/C10H15NO2/c1-3-12-10(13-4-2)9-5-7-11-8-6-9/h5-8,10H,3-4H2,1-2H3. The van der Waals surface area contributed by atoms with Crippen LogP contribution in [0.2, 0.25) is 0 Å². The van der Waals surface area contributed by atoms with Crippen molar-refractivity contribution in [3.63, 3.8) is 0 Å². The third-order valence-corrected chi connectivity index (χ3v) is 1.61. The molecule has 72 valence electrons. The fraction of sp³-hybridized carbons (Fsp3) is 0.500. The van der Waals surface area contributed by atoms with E-state index >= 15 is 0 Å².